The van der Waals surface area contributed by atoms with Crippen LogP contribution >= 0.6 is 11.8 Å². The van der Waals surface area contributed by atoms with E-state index in [9.17, 15) is 14.4 Å². The van der Waals surface area contributed by atoms with Crippen molar-refractivity contribution in [3.05, 3.63) is 24.4 Å². The number of thioether (sulfide) groups is 1. The molecule has 2 heterocycles. The number of pyridine rings is 1. The second-order valence-electron chi connectivity index (χ2n) is 7.15. The predicted octanol–water partition coefficient (Wildman–Crippen LogP) is 2.60. The predicted molar refractivity (Wildman–Crippen MR) is 98.7 cm³/mol. The summed E-state index contributed by atoms with van der Waals surface area (Å²) >= 11 is 1.04. The van der Waals surface area contributed by atoms with E-state index in [1.807, 2.05) is 6.07 Å². The lowest BCUT2D eigenvalue weighted by molar-refractivity contribution is -0.136. The molecule has 0 aromatic carbocycles. The molecule has 1 saturated heterocycles. The molecule has 2 rings (SSSR count). The zero-order chi connectivity index (χ0) is 19.3. The molecule has 2 amide bonds. The summed E-state index contributed by atoms with van der Waals surface area (Å²) in [6.45, 7) is 7.35. The molecular formula is C18H25N3O4S. The number of likely N-dealkylation sites (tertiary alicyclic amines) is 1. The fourth-order valence-electron chi connectivity index (χ4n) is 2.65. The lowest BCUT2D eigenvalue weighted by atomic mass is 10.2. The molecule has 2 atom stereocenters. The van der Waals surface area contributed by atoms with Crippen molar-refractivity contribution in [1.82, 2.24) is 15.2 Å². The molecule has 0 aliphatic carbocycles. The molecular weight excluding hydrogens is 354 g/mol. The van der Waals surface area contributed by atoms with Crippen molar-refractivity contribution in [2.45, 2.75) is 63.2 Å². The SMILES string of the molecule is C[C@H](NC(=O)OC(C)(C)C)C(=O)N1CCC[C@H]1C(=O)Sc1ccccn1. The van der Waals surface area contributed by atoms with Crippen LogP contribution in [-0.4, -0.2) is 51.2 Å². The van der Waals surface area contributed by atoms with E-state index in [1.54, 1.807) is 50.9 Å². The average molecular weight is 379 g/mol. The van der Waals surface area contributed by atoms with Gasteiger partial charge < -0.3 is 15.0 Å². The standard InChI is InChI=1S/C18H25N3O4S/c1-12(20-17(24)25-18(2,3)4)15(22)21-11-7-8-13(21)16(23)26-14-9-5-6-10-19-14/h5-6,9-10,12-13H,7-8,11H2,1-4H3,(H,20,24)/t12-,13-/m0/s1. The maximum absolute atomic E-state index is 12.7. The summed E-state index contributed by atoms with van der Waals surface area (Å²) in [4.78, 5) is 42.8. The van der Waals surface area contributed by atoms with E-state index in [4.69, 9.17) is 4.74 Å². The van der Waals surface area contributed by atoms with Gasteiger partial charge >= 0.3 is 6.09 Å². The normalized spacial score (nSPS) is 18.3. The number of aromatic nitrogens is 1. The Balaban J connectivity index is 1.96. The van der Waals surface area contributed by atoms with Crippen molar-refractivity contribution >= 4 is 28.9 Å². The third kappa shape index (κ3) is 5.72. The van der Waals surface area contributed by atoms with Crippen LogP contribution in [0, 0.1) is 0 Å². The molecule has 0 radical (unpaired) electrons. The molecule has 0 unspecified atom stereocenters. The smallest absolute Gasteiger partial charge is 0.408 e. The number of amides is 2. The Morgan fingerprint density at radius 1 is 1.35 bits per heavy atom. The maximum atomic E-state index is 12.7. The molecule has 0 bridgehead atoms. The van der Waals surface area contributed by atoms with Crippen LogP contribution in [0.1, 0.15) is 40.5 Å². The fourth-order valence-corrected chi connectivity index (χ4v) is 3.50. The van der Waals surface area contributed by atoms with Gasteiger partial charge in [-0.25, -0.2) is 9.78 Å². The number of nitrogens with one attached hydrogen (secondary N) is 1. The third-order valence-electron chi connectivity index (χ3n) is 3.75. The van der Waals surface area contributed by atoms with Gasteiger partial charge in [0.15, 0.2) is 0 Å². The quantitative estimate of drug-likeness (QED) is 0.809. The highest BCUT2D eigenvalue weighted by Crippen LogP contribution is 2.26. The zero-order valence-corrected chi connectivity index (χ0v) is 16.3. The summed E-state index contributed by atoms with van der Waals surface area (Å²) in [5.41, 5.74) is -0.641. The largest absolute Gasteiger partial charge is 0.444 e. The van der Waals surface area contributed by atoms with E-state index in [1.165, 1.54) is 0 Å². The van der Waals surface area contributed by atoms with Gasteiger partial charge in [0.25, 0.3) is 0 Å². The van der Waals surface area contributed by atoms with Crippen molar-refractivity contribution in [2.75, 3.05) is 6.54 Å². The van der Waals surface area contributed by atoms with E-state index in [0.29, 0.717) is 18.0 Å². The number of rotatable bonds is 4. The van der Waals surface area contributed by atoms with Crippen molar-refractivity contribution in [3.8, 4) is 0 Å². The number of hydrogen-bond acceptors (Lipinski definition) is 6. The van der Waals surface area contributed by atoms with Gasteiger partial charge in [-0.3, -0.25) is 9.59 Å². The minimum atomic E-state index is -0.766. The van der Waals surface area contributed by atoms with Gasteiger partial charge in [-0.2, -0.15) is 0 Å². The molecule has 0 spiro atoms. The first kappa shape index (κ1) is 20.2. The number of hydrogen-bond donors (Lipinski definition) is 1. The van der Waals surface area contributed by atoms with E-state index in [-0.39, 0.29) is 11.0 Å². The molecule has 1 aromatic heterocycles. The Morgan fingerprint density at radius 3 is 2.69 bits per heavy atom. The summed E-state index contributed by atoms with van der Waals surface area (Å²) in [5.74, 6) is -0.284. The van der Waals surface area contributed by atoms with Crippen molar-refractivity contribution in [3.63, 3.8) is 0 Å². The topological polar surface area (TPSA) is 88.6 Å². The molecule has 142 valence electrons. The Labute approximate surface area is 157 Å². The lowest BCUT2D eigenvalue weighted by Crippen LogP contribution is -2.50. The Kier molecular flexibility index (Phi) is 6.63. The summed E-state index contributed by atoms with van der Waals surface area (Å²) in [6, 6.07) is 4.09. The minimum absolute atomic E-state index is 0.112. The zero-order valence-electron chi connectivity index (χ0n) is 15.5. The van der Waals surface area contributed by atoms with E-state index >= 15 is 0 Å². The van der Waals surface area contributed by atoms with Gasteiger partial charge in [-0.1, -0.05) is 6.07 Å². The second-order valence-corrected chi connectivity index (χ2v) is 8.17. The Bertz CT molecular complexity index is 660. The molecule has 1 aliphatic rings. The molecule has 26 heavy (non-hydrogen) atoms. The van der Waals surface area contributed by atoms with Crippen molar-refractivity contribution in [1.29, 1.82) is 0 Å². The van der Waals surface area contributed by atoms with Gasteiger partial charge in [-0.15, -0.1) is 0 Å². The molecule has 1 aromatic rings. The van der Waals surface area contributed by atoms with Gasteiger partial charge in [0.05, 0.1) is 0 Å². The fraction of sp³-hybridized carbons (Fsp3) is 0.556. The summed E-state index contributed by atoms with van der Waals surface area (Å²) in [7, 11) is 0. The highest BCUT2D eigenvalue weighted by molar-refractivity contribution is 8.13. The van der Waals surface area contributed by atoms with Crippen molar-refractivity contribution < 1.29 is 19.1 Å². The monoisotopic (exact) mass is 379 g/mol. The molecule has 1 N–H and O–H groups in total. The number of ether oxygens (including phenoxy) is 1. The van der Waals surface area contributed by atoms with Crippen LogP contribution in [0.3, 0.4) is 0 Å². The van der Waals surface area contributed by atoms with Gasteiger partial charge in [0.1, 0.15) is 22.7 Å². The van der Waals surface area contributed by atoms with Gasteiger partial charge in [0, 0.05) is 12.7 Å². The number of alkyl carbamates (subject to hydrolysis) is 1. The molecule has 1 fully saturated rings. The van der Waals surface area contributed by atoms with Crippen LogP contribution in [0.4, 0.5) is 4.79 Å². The number of carbonyl (C=O) groups is 3. The Morgan fingerprint density at radius 2 is 2.08 bits per heavy atom. The van der Waals surface area contributed by atoms with Crippen LogP contribution in [-0.2, 0) is 14.3 Å². The molecule has 0 saturated carbocycles. The van der Waals surface area contributed by atoms with E-state index in [0.717, 1.165) is 18.2 Å². The number of nitrogens with zero attached hydrogens (tertiary/aromatic N) is 2. The van der Waals surface area contributed by atoms with Crippen LogP contribution in [0.5, 0.6) is 0 Å². The maximum Gasteiger partial charge on any atom is 0.408 e. The minimum Gasteiger partial charge on any atom is -0.444 e. The lowest BCUT2D eigenvalue weighted by Gasteiger charge is -2.27. The van der Waals surface area contributed by atoms with Gasteiger partial charge in [0.2, 0.25) is 11.0 Å². The highest BCUT2D eigenvalue weighted by Gasteiger charge is 2.37. The van der Waals surface area contributed by atoms with Crippen LogP contribution in [0.25, 0.3) is 0 Å². The van der Waals surface area contributed by atoms with Crippen LogP contribution in [0.15, 0.2) is 29.4 Å². The molecule has 7 nitrogen and oxygen atoms in total. The first-order valence-electron chi connectivity index (χ1n) is 8.60. The summed E-state index contributed by atoms with van der Waals surface area (Å²) in [5, 5.41) is 3.04. The summed E-state index contributed by atoms with van der Waals surface area (Å²) < 4.78 is 5.17. The second kappa shape index (κ2) is 8.53. The molecule has 8 heteroatoms. The van der Waals surface area contributed by atoms with E-state index in [2.05, 4.69) is 10.3 Å². The van der Waals surface area contributed by atoms with E-state index < -0.39 is 23.8 Å². The van der Waals surface area contributed by atoms with Crippen LogP contribution < -0.4 is 5.32 Å². The first-order valence-corrected chi connectivity index (χ1v) is 9.42. The van der Waals surface area contributed by atoms with Crippen molar-refractivity contribution in [2.24, 2.45) is 0 Å². The number of carbonyl (C=O) groups excluding carboxylic acids is 3. The highest BCUT2D eigenvalue weighted by atomic mass is 32.2. The Hall–Kier alpha value is -2.09. The van der Waals surface area contributed by atoms with Crippen LogP contribution in [0.2, 0.25) is 0 Å². The first-order chi connectivity index (χ1) is 12.2. The molecule has 1 aliphatic heterocycles. The average Bonchev–Trinajstić information content (AvgIpc) is 3.02. The summed E-state index contributed by atoms with van der Waals surface area (Å²) in [6.07, 6.45) is 2.34. The third-order valence-corrected chi connectivity index (χ3v) is 4.68. The van der Waals surface area contributed by atoms with Gasteiger partial charge in [-0.05, 0) is 64.4 Å².